The zero-order valence-corrected chi connectivity index (χ0v) is 17.4. The maximum Gasteiger partial charge on any atom is 0.243 e. The lowest BCUT2D eigenvalue weighted by molar-refractivity contribution is -0.116. The van der Waals surface area contributed by atoms with Crippen LogP contribution in [0.15, 0.2) is 23.1 Å². The monoisotopic (exact) mass is 396 g/mol. The predicted octanol–water partition coefficient (Wildman–Crippen LogP) is 2.26. The van der Waals surface area contributed by atoms with Gasteiger partial charge in [-0.1, -0.05) is 13.8 Å². The molecule has 1 heterocycles. The van der Waals surface area contributed by atoms with E-state index in [-0.39, 0.29) is 10.8 Å². The van der Waals surface area contributed by atoms with E-state index in [9.17, 15) is 13.2 Å². The number of sulfonamides is 1. The smallest absolute Gasteiger partial charge is 0.243 e. The molecule has 7 nitrogen and oxygen atoms in total. The number of anilines is 2. The highest BCUT2D eigenvalue weighted by Gasteiger charge is 2.24. The summed E-state index contributed by atoms with van der Waals surface area (Å²) in [6.07, 6.45) is 3.34. The number of carbonyl (C=O) groups is 1. The minimum absolute atomic E-state index is 0.0944. The van der Waals surface area contributed by atoms with Crippen LogP contribution in [0, 0.1) is 0 Å². The highest BCUT2D eigenvalue weighted by molar-refractivity contribution is 7.89. The fraction of sp³-hybridized carbons (Fsp3) is 0.632. The first kappa shape index (κ1) is 21.7. The molecule has 1 aliphatic heterocycles. The molecule has 0 aliphatic carbocycles. The molecule has 8 heteroatoms. The second-order valence-electron chi connectivity index (χ2n) is 6.72. The van der Waals surface area contributed by atoms with Gasteiger partial charge in [-0.05, 0) is 51.1 Å². The van der Waals surface area contributed by atoms with Crippen LogP contribution in [0.4, 0.5) is 11.4 Å². The van der Waals surface area contributed by atoms with Gasteiger partial charge in [0.05, 0.1) is 16.3 Å². The summed E-state index contributed by atoms with van der Waals surface area (Å²) in [5.74, 6) is -0.0944. The Morgan fingerprint density at radius 2 is 1.85 bits per heavy atom. The number of amides is 1. The number of benzene rings is 1. The molecule has 0 spiro atoms. The van der Waals surface area contributed by atoms with Crippen molar-refractivity contribution in [3.05, 3.63) is 18.2 Å². The molecule has 1 aromatic rings. The van der Waals surface area contributed by atoms with Crippen LogP contribution >= 0.6 is 0 Å². The first-order valence-electron chi connectivity index (χ1n) is 9.77. The van der Waals surface area contributed by atoms with Gasteiger partial charge in [0.15, 0.2) is 0 Å². The van der Waals surface area contributed by atoms with E-state index in [1.54, 1.807) is 12.1 Å². The fourth-order valence-corrected chi connectivity index (χ4v) is 4.85. The average Bonchev–Trinajstić information content (AvgIpc) is 3.17. The molecule has 1 saturated heterocycles. The SMILES string of the molecule is CCN(CC)S(=O)(=O)c1ccc(N2CCCC2)c(NC(=O)CCCNC)c1. The van der Waals surface area contributed by atoms with E-state index < -0.39 is 10.0 Å². The minimum Gasteiger partial charge on any atom is -0.370 e. The number of hydrogen-bond donors (Lipinski definition) is 2. The van der Waals surface area contributed by atoms with Crippen molar-refractivity contribution < 1.29 is 13.2 Å². The van der Waals surface area contributed by atoms with Crippen molar-refractivity contribution in [1.29, 1.82) is 0 Å². The lowest BCUT2D eigenvalue weighted by atomic mass is 10.2. The Bertz CT molecular complexity index is 726. The van der Waals surface area contributed by atoms with Crippen LogP contribution in [0.3, 0.4) is 0 Å². The van der Waals surface area contributed by atoms with Gasteiger partial charge >= 0.3 is 0 Å². The minimum atomic E-state index is -3.57. The van der Waals surface area contributed by atoms with E-state index in [4.69, 9.17) is 0 Å². The Morgan fingerprint density at radius 3 is 2.44 bits per heavy atom. The maximum absolute atomic E-state index is 12.9. The van der Waals surface area contributed by atoms with Gasteiger partial charge < -0.3 is 15.5 Å². The molecule has 1 amide bonds. The van der Waals surface area contributed by atoms with Gasteiger partial charge in [0.25, 0.3) is 0 Å². The molecule has 0 atom stereocenters. The topological polar surface area (TPSA) is 81.8 Å². The summed E-state index contributed by atoms with van der Waals surface area (Å²) in [6.45, 7) is 7.09. The van der Waals surface area contributed by atoms with Crippen LogP contribution in [0.5, 0.6) is 0 Å². The fourth-order valence-electron chi connectivity index (χ4n) is 3.36. The summed E-state index contributed by atoms with van der Waals surface area (Å²) in [6, 6.07) is 5.08. The molecule has 27 heavy (non-hydrogen) atoms. The van der Waals surface area contributed by atoms with Crippen LogP contribution in [0.1, 0.15) is 39.5 Å². The molecule has 0 aromatic heterocycles. The Morgan fingerprint density at radius 1 is 1.19 bits per heavy atom. The predicted molar refractivity (Wildman–Crippen MR) is 110 cm³/mol. The Hall–Kier alpha value is -1.64. The molecule has 2 N–H and O–H groups in total. The Balaban J connectivity index is 2.32. The molecule has 1 aromatic carbocycles. The van der Waals surface area contributed by atoms with E-state index in [1.165, 1.54) is 4.31 Å². The molecular formula is C19H32N4O3S. The van der Waals surface area contributed by atoms with Gasteiger partial charge in [-0.25, -0.2) is 8.42 Å². The quantitative estimate of drug-likeness (QED) is 0.593. The highest BCUT2D eigenvalue weighted by Crippen LogP contribution is 2.32. The second kappa shape index (κ2) is 10.1. The highest BCUT2D eigenvalue weighted by atomic mass is 32.2. The van der Waals surface area contributed by atoms with Crippen molar-refractivity contribution in [1.82, 2.24) is 9.62 Å². The van der Waals surface area contributed by atoms with Gasteiger partial charge in [0, 0.05) is 32.6 Å². The average molecular weight is 397 g/mol. The van der Waals surface area contributed by atoms with Crippen molar-refractivity contribution in [2.75, 3.05) is 50.0 Å². The Labute approximate surface area is 163 Å². The van der Waals surface area contributed by atoms with Crippen molar-refractivity contribution in [2.45, 2.75) is 44.4 Å². The first-order valence-corrected chi connectivity index (χ1v) is 11.2. The van der Waals surface area contributed by atoms with Crippen molar-refractivity contribution in [3.8, 4) is 0 Å². The molecular weight excluding hydrogens is 364 g/mol. The summed E-state index contributed by atoms with van der Waals surface area (Å²) >= 11 is 0. The van der Waals surface area contributed by atoms with Gasteiger partial charge in [0.1, 0.15) is 0 Å². The normalized spacial score (nSPS) is 14.7. The molecule has 1 fully saturated rings. The lowest BCUT2D eigenvalue weighted by Crippen LogP contribution is -2.31. The van der Waals surface area contributed by atoms with E-state index in [1.807, 2.05) is 27.0 Å². The zero-order chi connectivity index (χ0) is 19.9. The van der Waals surface area contributed by atoms with Crippen LogP contribution in [0.25, 0.3) is 0 Å². The van der Waals surface area contributed by atoms with Crippen LogP contribution in [-0.2, 0) is 14.8 Å². The largest absolute Gasteiger partial charge is 0.370 e. The Kier molecular flexibility index (Phi) is 8.07. The van der Waals surface area contributed by atoms with Crippen molar-refractivity contribution in [2.24, 2.45) is 0 Å². The van der Waals surface area contributed by atoms with E-state index in [0.717, 1.165) is 44.6 Å². The third-order valence-corrected chi connectivity index (χ3v) is 6.91. The molecule has 0 bridgehead atoms. The van der Waals surface area contributed by atoms with Crippen molar-refractivity contribution in [3.63, 3.8) is 0 Å². The van der Waals surface area contributed by atoms with Gasteiger partial charge in [0.2, 0.25) is 15.9 Å². The van der Waals surface area contributed by atoms with Crippen LogP contribution in [0.2, 0.25) is 0 Å². The van der Waals surface area contributed by atoms with Gasteiger partial charge in [-0.3, -0.25) is 4.79 Å². The summed E-state index contributed by atoms with van der Waals surface area (Å²) in [5.41, 5.74) is 1.48. The third-order valence-electron chi connectivity index (χ3n) is 4.86. The lowest BCUT2D eigenvalue weighted by Gasteiger charge is -2.24. The van der Waals surface area contributed by atoms with Crippen molar-refractivity contribution >= 4 is 27.3 Å². The van der Waals surface area contributed by atoms with E-state index >= 15 is 0 Å². The maximum atomic E-state index is 12.9. The van der Waals surface area contributed by atoms with Gasteiger partial charge in [-0.15, -0.1) is 0 Å². The third kappa shape index (κ3) is 5.43. The van der Waals surface area contributed by atoms with Gasteiger partial charge in [-0.2, -0.15) is 4.31 Å². The summed E-state index contributed by atoms with van der Waals surface area (Å²) in [7, 11) is -1.72. The molecule has 2 rings (SSSR count). The summed E-state index contributed by atoms with van der Waals surface area (Å²) in [4.78, 5) is 14.8. The number of carbonyl (C=O) groups excluding carboxylic acids is 1. The van der Waals surface area contributed by atoms with E-state index in [2.05, 4.69) is 15.5 Å². The number of hydrogen-bond acceptors (Lipinski definition) is 5. The molecule has 0 unspecified atom stereocenters. The standard InChI is InChI=1S/C19H32N4O3S/c1-4-23(5-2)27(25,26)16-10-11-18(22-13-6-7-14-22)17(15-16)21-19(24)9-8-12-20-3/h10-11,15,20H,4-9,12-14H2,1-3H3,(H,21,24). The number of nitrogens with zero attached hydrogens (tertiary/aromatic N) is 2. The molecule has 152 valence electrons. The van der Waals surface area contributed by atoms with Crippen LogP contribution < -0.4 is 15.5 Å². The molecule has 1 aliphatic rings. The van der Waals surface area contributed by atoms with Crippen LogP contribution in [-0.4, -0.2) is 58.4 Å². The first-order chi connectivity index (χ1) is 12.9. The summed E-state index contributed by atoms with van der Waals surface area (Å²) in [5, 5.41) is 5.97. The molecule has 0 radical (unpaired) electrons. The number of nitrogens with one attached hydrogen (secondary N) is 2. The number of rotatable bonds is 10. The molecule has 0 saturated carbocycles. The second-order valence-corrected chi connectivity index (χ2v) is 8.66. The zero-order valence-electron chi connectivity index (χ0n) is 16.6. The van der Waals surface area contributed by atoms with E-state index in [0.29, 0.717) is 25.2 Å². The summed E-state index contributed by atoms with van der Waals surface area (Å²) < 4.78 is 27.2.